The first kappa shape index (κ1) is 12.1. The predicted octanol–water partition coefficient (Wildman–Crippen LogP) is 0.668. The lowest BCUT2D eigenvalue weighted by atomic mass is 10.1. The number of amides is 1. The van der Waals surface area contributed by atoms with Gasteiger partial charge in [0.25, 0.3) is 15.9 Å². The third kappa shape index (κ3) is 1.73. The van der Waals surface area contributed by atoms with Crippen LogP contribution < -0.4 is 4.72 Å². The fraction of sp³-hybridized carbons (Fsp3) is 0.111. The van der Waals surface area contributed by atoms with Crippen LogP contribution in [0.3, 0.4) is 0 Å². The largest absolute Gasteiger partial charge is 0.465 e. The summed E-state index contributed by atoms with van der Waals surface area (Å²) in [6, 6.07) is 2.63. The summed E-state index contributed by atoms with van der Waals surface area (Å²) in [5.74, 6) is -1.61. The number of sulfonamides is 1. The van der Waals surface area contributed by atoms with E-state index >= 15 is 0 Å². The number of hydrogen-bond acceptors (Lipinski definition) is 5. The number of hydrogen-bond donors (Lipinski definition) is 1. The highest BCUT2D eigenvalue weighted by Crippen LogP contribution is 2.31. The number of fused-ring (bicyclic) bond motifs is 1. The molecule has 1 aliphatic rings. The van der Waals surface area contributed by atoms with Crippen molar-refractivity contribution < 1.29 is 22.7 Å². The van der Waals surface area contributed by atoms with Crippen molar-refractivity contribution in [3.05, 3.63) is 27.7 Å². The number of ether oxygens (including phenoxy) is 1. The molecule has 0 saturated carbocycles. The standard InChI is InChI=1S/C9H6BrNO5S/c1-16-9(13)6-4(10)2-3-5-7(6)8(12)11-17(5,14)15/h2-3H,1H3,(H,11,12). The van der Waals surface area contributed by atoms with Crippen LogP contribution in [0.25, 0.3) is 0 Å². The van der Waals surface area contributed by atoms with Gasteiger partial charge in [-0.15, -0.1) is 0 Å². The van der Waals surface area contributed by atoms with Gasteiger partial charge in [0.1, 0.15) is 4.90 Å². The molecule has 2 rings (SSSR count). The second-order valence-corrected chi connectivity index (χ2v) is 5.73. The molecular weight excluding hydrogens is 314 g/mol. The zero-order valence-corrected chi connectivity index (χ0v) is 10.9. The van der Waals surface area contributed by atoms with E-state index in [9.17, 15) is 18.0 Å². The first-order valence-electron chi connectivity index (χ1n) is 4.36. The van der Waals surface area contributed by atoms with E-state index in [-0.39, 0.29) is 16.0 Å². The molecule has 0 atom stereocenters. The zero-order valence-electron chi connectivity index (χ0n) is 8.48. The molecular formula is C9H6BrNO5S. The maximum Gasteiger partial charge on any atom is 0.339 e. The van der Waals surface area contributed by atoms with E-state index in [4.69, 9.17) is 0 Å². The van der Waals surface area contributed by atoms with E-state index in [2.05, 4.69) is 20.7 Å². The Bertz CT molecular complexity index is 637. The second kappa shape index (κ2) is 3.81. The number of halogens is 1. The molecule has 0 aromatic heterocycles. The lowest BCUT2D eigenvalue weighted by Crippen LogP contribution is -2.21. The third-order valence-corrected chi connectivity index (χ3v) is 4.28. The Morgan fingerprint density at radius 1 is 1.41 bits per heavy atom. The molecule has 6 nitrogen and oxygen atoms in total. The first-order chi connectivity index (χ1) is 7.88. The van der Waals surface area contributed by atoms with E-state index in [1.54, 1.807) is 0 Å². The van der Waals surface area contributed by atoms with Crippen molar-refractivity contribution in [1.29, 1.82) is 0 Å². The van der Waals surface area contributed by atoms with Crippen molar-refractivity contribution in [2.24, 2.45) is 0 Å². The van der Waals surface area contributed by atoms with Gasteiger partial charge >= 0.3 is 5.97 Å². The highest BCUT2D eigenvalue weighted by Gasteiger charge is 2.37. The summed E-state index contributed by atoms with van der Waals surface area (Å²) in [5, 5.41) is 0. The molecule has 0 spiro atoms. The Morgan fingerprint density at radius 3 is 2.65 bits per heavy atom. The summed E-state index contributed by atoms with van der Waals surface area (Å²) >= 11 is 3.08. The number of methoxy groups -OCH3 is 1. The SMILES string of the molecule is COC(=O)c1c(Br)ccc2c1C(=O)NS2(=O)=O. The van der Waals surface area contributed by atoms with Gasteiger partial charge in [-0.3, -0.25) is 4.79 Å². The Morgan fingerprint density at radius 2 is 2.06 bits per heavy atom. The number of esters is 1. The lowest BCUT2D eigenvalue weighted by Gasteiger charge is -2.05. The summed E-state index contributed by atoms with van der Waals surface area (Å²) in [7, 11) is -2.72. The quantitative estimate of drug-likeness (QED) is 0.768. The molecule has 1 aromatic rings. The first-order valence-corrected chi connectivity index (χ1v) is 6.64. The van der Waals surface area contributed by atoms with Gasteiger partial charge in [-0.2, -0.15) is 0 Å². The molecule has 1 N–H and O–H groups in total. The number of carbonyl (C=O) groups is 2. The molecule has 0 radical (unpaired) electrons. The normalized spacial score (nSPS) is 16.2. The summed E-state index contributed by atoms with van der Waals surface area (Å²) in [6.07, 6.45) is 0. The topological polar surface area (TPSA) is 89.5 Å². The minimum absolute atomic E-state index is 0.0939. The lowest BCUT2D eigenvalue weighted by molar-refractivity contribution is 0.0595. The zero-order chi connectivity index (χ0) is 12.8. The fourth-order valence-corrected chi connectivity index (χ4v) is 3.20. The fourth-order valence-electron chi connectivity index (χ4n) is 1.54. The van der Waals surface area contributed by atoms with E-state index in [1.807, 2.05) is 4.72 Å². The maximum absolute atomic E-state index is 11.6. The molecule has 90 valence electrons. The van der Waals surface area contributed by atoms with Gasteiger partial charge in [0.15, 0.2) is 0 Å². The molecule has 0 bridgehead atoms. The smallest absolute Gasteiger partial charge is 0.339 e. The van der Waals surface area contributed by atoms with Crippen molar-refractivity contribution in [3.8, 4) is 0 Å². The number of rotatable bonds is 1. The minimum atomic E-state index is -3.86. The molecule has 1 aromatic carbocycles. The molecule has 0 saturated heterocycles. The van der Waals surface area contributed by atoms with Gasteiger partial charge in [-0.05, 0) is 28.1 Å². The molecule has 0 unspecified atom stereocenters. The van der Waals surface area contributed by atoms with Gasteiger partial charge in [0.2, 0.25) is 0 Å². The van der Waals surface area contributed by atoms with E-state index < -0.39 is 21.9 Å². The molecule has 0 aliphatic carbocycles. The van der Waals surface area contributed by atoms with Crippen molar-refractivity contribution in [2.75, 3.05) is 7.11 Å². The molecule has 17 heavy (non-hydrogen) atoms. The number of benzene rings is 1. The minimum Gasteiger partial charge on any atom is -0.465 e. The van der Waals surface area contributed by atoms with Gasteiger partial charge in [-0.1, -0.05) is 0 Å². The second-order valence-electron chi connectivity index (χ2n) is 3.22. The van der Waals surface area contributed by atoms with E-state index in [1.165, 1.54) is 12.1 Å². The highest BCUT2D eigenvalue weighted by atomic mass is 79.9. The summed E-state index contributed by atoms with van der Waals surface area (Å²) in [4.78, 5) is 22.9. The Labute approximate surface area is 105 Å². The highest BCUT2D eigenvalue weighted by molar-refractivity contribution is 9.10. The van der Waals surface area contributed by atoms with Crippen LogP contribution in [0.15, 0.2) is 21.5 Å². The monoisotopic (exact) mass is 319 g/mol. The van der Waals surface area contributed by atoms with Gasteiger partial charge < -0.3 is 4.74 Å². The predicted molar refractivity (Wildman–Crippen MR) is 60.1 cm³/mol. The van der Waals surface area contributed by atoms with Crippen molar-refractivity contribution in [1.82, 2.24) is 4.72 Å². The molecule has 8 heteroatoms. The third-order valence-electron chi connectivity index (χ3n) is 2.25. The average Bonchev–Trinajstić information content (AvgIpc) is 2.48. The summed E-state index contributed by atoms with van der Waals surface area (Å²) in [6.45, 7) is 0. The maximum atomic E-state index is 11.6. The van der Waals surface area contributed by atoms with Crippen LogP contribution in [0.5, 0.6) is 0 Å². The number of carbonyl (C=O) groups excluding carboxylic acids is 2. The van der Waals surface area contributed by atoms with Gasteiger partial charge in [0.05, 0.1) is 18.2 Å². The van der Waals surface area contributed by atoms with Crippen LogP contribution in [-0.2, 0) is 14.8 Å². The van der Waals surface area contributed by atoms with Crippen molar-refractivity contribution in [2.45, 2.75) is 4.90 Å². The van der Waals surface area contributed by atoms with E-state index in [0.717, 1.165) is 7.11 Å². The van der Waals surface area contributed by atoms with Crippen LogP contribution in [0.2, 0.25) is 0 Å². The molecule has 1 amide bonds. The van der Waals surface area contributed by atoms with Crippen LogP contribution in [-0.4, -0.2) is 27.4 Å². The van der Waals surface area contributed by atoms with Crippen LogP contribution in [0.4, 0.5) is 0 Å². The summed E-state index contributed by atoms with van der Waals surface area (Å²) in [5.41, 5.74) is -0.283. The van der Waals surface area contributed by atoms with Crippen molar-refractivity contribution in [3.63, 3.8) is 0 Å². The molecule has 0 fully saturated rings. The van der Waals surface area contributed by atoms with Crippen molar-refractivity contribution >= 4 is 37.8 Å². The van der Waals surface area contributed by atoms with Crippen LogP contribution in [0, 0.1) is 0 Å². The number of nitrogens with one attached hydrogen (secondary N) is 1. The van der Waals surface area contributed by atoms with Crippen LogP contribution in [0.1, 0.15) is 20.7 Å². The Balaban J connectivity index is 2.84. The summed E-state index contributed by atoms with van der Waals surface area (Å²) < 4.78 is 29.7. The Hall–Kier alpha value is -1.41. The Kier molecular flexibility index (Phi) is 2.70. The average molecular weight is 320 g/mol. The molecule has 1 heterocycles. The molecule has 1 aliphatic heterocycles. The van der Waals surface area contributed by atoms with E-state index in [0.29, 0.717) is 4.47 Å². The van der Waals surface area contributed by atoms with Gasteiger partial charge in [-0.25, -0.2) is 17.9 Å². The van der Waals surface area contributed by atoms with Crippen LogP contribution >= 0.6 is 15.9 Å². The van der Waals surface area contributed by atoms with Gasteiger partial charge in [0, 0.05) is 4.47 Å².